The number of alkyl halides is 3. The molecule has 0 radical (unpaired) electrons. The van der Waals surface area contributed by atoms with Crippen LogP contribution in [-0.4, -0.2) is 9.55 Å². The Labute approximate surface area is 115 Å². The molecule has 1 heterocycles. The summed E-state index contributed by atoms with van der Waals surface area (Å²) in [6.45, 7) is 1.50. The summed E-state index contributed by atoms with van der Waals surface area (Å²) in [5.74, 6) is 0. The number of nitrogens with one attached hydrogen (secondary N) is 1. The first kappa shape index (κ1) is 14.4. The molecule has 0 fully saturated rings. The van der Waals surface area contributed by atoms with Crippen LogP contribution in [0.3, 0.4) is 0 Å². The Morgan fingerprint density at radius 2 is 1.85 bits per heavy atom. The molecule has 20 heavy (non-hydrogen) atoms. The summed E-state index contributed by atoms with van der Waals surface area (Å²) in [6, 6.07) is 3.75. The lowest BCUT2D eigenvalue weighted by molar-refractivity contribution is -0.137. The van der Waals surface area contributed by atoms with Gasteiger partial charge in [0.2, 0.25) is 0 Å². The molecule has 0 saturated carbocycles. The highest BCUT2D eigenvalue weighted by Gasteiger charge is 2.31. The summed E-state index contributed by atoms with van der Waals surface area (Å²) in [4.78, 5) is 25.6. The van der Waals surface area contributed by atoms with Crippen molar-refractivity contribution in [2.45, 2.75) is 13.1 Å². The fourth-order valence-corrected chi connectivity index (χ4v) is 1.90. The van der Waals surface area contributed by atoms with Crippen molar-refractivity contribution in [2.24, 2.45) is 0 Å². The number of rotatable bonds is 1. The van der Waals surface area contributed by atoms with Crippen LogP contribution in [0.4, 0.5) is 13.2 Å². The molecule has 2 aromatic rings. The highest BCUT2D eigenvalue weighted by Crippen LogP contribution is 2.31. The average Bonchev–Trinajstić information content (AvgIpc) is 2.28. The van der Waals surface area contributed by atoms with Crippen LogP contribution < -0.4 is 11.2 Å². The van der Waals surface area contributed by atoms with E-state index in [0.717, 1.165) is 18.2 Å². The topological polar surface area (TPSA) is 54.9 Å². The van der Waals surface area contributed by atoms with Gasteiger partial charge in [0, 0.05) is 6.07 Å². The molecule has 4 nitrogen and oxygen atoms in total. The van der Waals surface area contributed by atoms with Gasteiger partial charge in [-0.05, 0) is 24.6 Å². The van der Waals surface area contributed by atoms with Crippen molar-refractivity contribution in [1.29, 1.82) is 0 Å². The Morgan fingerprint density at radius 1 is 1.20 bits per heavy atom. The highest BCUT2D eigenvalue weighted by atomic mass is 35.5. The Bertz CT molecular complexity index is 746. The van der Waals surface area contributed by atoms with Gasteiger partial charge in [-0.3, -0.25) is 9.78 Å². The molecule has 2 rings (SSSR count). The first-order valence-corrected chi connectivity index (χ1v) is 5.78. The van der Waals surface area contributed by atoms with Crippen molar-refractivity contribution in [2.75, 3.05) is 0 Å². The van der Waals surface area contributed by atoms with Crippen LogP contribution in [0, 0.1) is 6.92 Å². The first-order chi connectivity index (χ1) is 9.20. The number of benzene rings is 1. The number of nitrogens with zero attached hydrogens (tertiary/aromatic N) is 1. The molecule has 0 aliphatic carbocycles. The van der Waals surface area contributed by atoms with Crippen LogP contribution >= 0.6 is 11.6 Å². The maximum Gasteiger partial charge on any atom is 0.416 e. The molecule has 0 saturated heterocycles. The number of aromatic nitrogens is 2. The van der Waals surface area contributed by atoms with E-state index in [-0.39, 0.29) is 10.8 Å². The zero-order chi connectivity index (χ0) is 15.1. The van der Waals surface area contributed by atoms with E-state index >= 15 is 0 Å². The number of aryl methyl sites for hydroxylation is 1. The summed E-state index contributed by atoms with van der Waals surface area (Å²) >= 11 is 5.50. The van der Waals surface area contributed by atoms with Gasteiger partial charge in [-0.15, -0.1) is 0 Å². The fraction of sp³-hybridized carbons (Fsp3) is 0.167. The van der Waals surface area contributed by atoms with Gasteiger partial charge in [0.25, 0.3) is 5.56 Å². The van der Waals surface area contributed by atoms with Gasteiger partial charge in [-0.25, -0.2) is 9.36 Å². The lowest BCUT2D eigenvalue weighted by Gasteiger charge is -2.12. The molecule has 0 amide bonds. The Morgan fingerprint density at radius 3 is 2.40 bits per heavy atom. The maximum atomic E-state index is 12.7. The second-order valence-corrected chi connectivity index (χ2v) is 4.50. The van der Waals surface area contributed by atoms with E-state index in [1.807, 2.05) is 0 Å². The molecular weight excluding hydrogens is 297 g/mol. The summed E-state index contributed by atoms with van der Waals surface area (Å²) in [6.07, 6.45) is -4.56. The van der Waals surface area contributed by atoms with Crippen molar-refractivity contribution in [1.82, 2.24) is 9.55 Å². The maximum absolute atomic E-state index is 12.7. The predicted octanol–water partition coefficient (Wildman–Crippen LogP) is 2.51. The average molecular weight is 305 g/mol. The van der Waals surface area contributed by atoms with Gasteiger partial charge < -0.3 is 0 Å². The molecule has 0 aliphatic heterocycles. The standard InChI is InChI=1S/C12H8ClF3N2O2/c1-6-2-3-7(12(14,15)16)4-8(6)18-10(19)5-9(13)17-11(18)20/h2-5H,1H3,(H,17,20). The van der Waals surface area contributed by atoms with E-state index < -0.39 is 23.0 Å². The van der Waals surface area contributed by atoms with Crippen molar-refractivity contribution >= 4 is 11.6 Å². The van der Waals surface area contributed by atoms with Gasteiger partial charge in [-0.2, -0.15) is 13.2 Å². The van der Waals surface area contributed by atoms with Gasteiger partial charge in [0.15, 0.2) is 0 Å². The van der Waals surface area contributed by atoms with E-state index in [1.54, 1.807) is 0 Å². The molecule has 1 aromatic heterocycles. The van der Waals surface area contributed by atoms with E-state index in [9.17, 15) is 22.8 Å². The SMILES string of the molecule is Cc1ccc(C(F)(F)F)cc1-n1c(=O)cc(Cl)[nH]c1=O. The number of halogens is 4. The second-order valence-electron chi connectivity index (χ2n) is 4.10. The third-order valence-corrected chi connectivity index (χ3v) is 2.88. The number of hydrogen-bond acceptors (Lipinski definition) is 2. The Balaban J connectivity index is 2.77. The van der Waals surface area contributed by atoms with Crippen molar-refractivity contribution in [3.63, 3.8) is 0 Å². The lowest BCUT2D eigenvalue weighted by Crippen LogP contribution is -2.33. The zero-order valence-electron chi connectivity index (χ0n) is 10.1. The van der Waals surface area contributed by atoms with E-state index in [4.69, 9.17) is 11.6 Å². The van der Waals surface area contributed by atoms with Gasteiger partial charge in [-0.1, -0.05) is 17.7 Å². The Hall–Kier alpha value is -2.02. The van der Waals surface area contributed by atoms with Crippen LogP contribution in [0.2, 0.25) is 5.15 Å². The van der Waals surface area contributed by atoms with Crippen LogP contribution in [0.1, 0.15) is 11.1 Å². The summed E-state index contributed by atoms with van der Waals surface area (Å²) in [5.41, 5.74) is -2.43. The van der Waals surface area contributed by atoms with E-state index in [0.29, 0.717) is 10.1 Å². The molecule has 0 atom stereocenters. The van der Waals surface area contributed by atoms with Crippen LogP contribution in [0.5, 0.6) is 0 Å². The molecule has 0 aliphatic rings. The van der Waals surface area contributed by atoms with Gasteiger partial charge in [0.05, 0.1) is 11.3 Å². The number of H-pyrrole nitrogens is 1. The predicted molar refractivity (Wildman–Crippen MR) is 67.4 cm³/mol. The summed E-state index contributed by atoms with van der Waals surface area (Å²) in [7, 11) is 0. The Kier molecular flexibility index (Phi) is 3.47. The zero-order valence-corrected chi connectivity index (χ0v) is 10.8. The number of aromatic amines is 1. The van der Waals surface area contributed by atoms with Gasteiger partial charge >= 0.3 is 11.9 Å². The van der Waals surface area contributed by atoms with E-state index in [2.05, 4.69) is 4.98 Å². The molecule has 0 unspecified atom stereocenters. The smallest absolute Gasteiger partial charge is 0.297 e. The second kappa shape index (κ2) is 4.82. The van der Waals surface area contributed by atoms with E-state index in [1.165, 1.54) is 13.0 Å². The number of hydrogen-bond donors (Lipinski definition) is 1. The molecule has 1 N–H and O–H groups in total. The minimum Gasteiger partial charge on any atom is -0.297 e. The normalized spacial score (nSPS) is 11.7. The van der Waals surface area contributed by atoms with Crippen molar-refractivity contribution in [3.8, 4) is 5.69 Å². The quantitative estimate of drug-likeness (QED) is 0.823. The lowest BCUT2D eigenvalue weighted by atomic mass is 10.1. The minimum atomic E-state index is -4.56. The third kappa shape index (κ3) is 2.62. The summed E-state index contributed by atoms with van der Waals surface area (Å²) in [5, 5.41) is -0.180. The van der Waals surface area contributed by atoms with Gasteiger partial charge in [0.1, 0.15) is 5.15 Å². The van der Waals surface area contributed by atoms with Crippen LogP contribution in [0.25, 0.3) is 5.69 Å². The largest absolute Gasteiger partial charge is 0.416 e. The molecule has 0 spiro atoms. The molecular formula is C12H8ClF3N2O2. The van der Waals surface area contributed by atoms with Crippen LogP contribution in [-0.2, 0) is 6.18 Å². The summed E-state index contributed by atoms with van der Waals surface area (Å²) < 4.78 is 38.7. The van der Waals surface area contributed by atoms with Crippen LogP contribution in [0.15, 0.2) is 33.9 Å². The van der Waals surface area contributed by atoms with Crippen molar-refractivity contribution in [3.05, 3.63) is 61.4 Å². The van der Waals surface area contributed by atoms with Crippen molar-refractivity contribution < 1.29 is 13.2 Å². The fourth-order valence-electron chi connectivity index (χ4n) is 1.72. The third-order valence-electron chi connectivity index (χ3n) is 2.68. The first-order valence-electron chi connectivity index (χ1n) is 5.40. The minimum absolute atomic E-state index is 0.136. The molecule has 1 aromatic carbocycles. The molecule has 8 heteroatoms. The molecule has 0 bridgehead atoms. The monoisotopic (exact) mass is 304 g/mol. The highest BCUT2D eigenvalue weighted by molar-refractivity contribution is 6.29. The molecule has 106 valence electrons.